The second-order valence-electron chi connectivity index (χ2n) is 8.02. The van der Waals surface area contributed by atoms with E-state index < -0.39 is 5.76 Å². The zero-order valence-corrected chi connectivity index (χ0v) is 16.6. The number of piperidine rings is 1. The molecule has 6 nitrogen and oxygen atoms in total. The van der Waals surface area contributed by atoms with E-state index in [0.29, 0.717) is 17.0 Å². The number of nitrogens with one attached hydrogen (secondary N) is 2. The summed E-state index contributed by atoms with van der Waals surface area (Å²) in [5, 5.41) is 0. The average molecular weight is 409 g/mol. The molecule has 0 bridgehead atoms. The minimum absolute atomic E-state index is 0.00347. The van der Waals surface area contributed by atoms with Gasteiger partial charge in [0.1, 0.15) is 11.9 Å². The van der Waals surface area contributed by atoms with Crippen LogP contribution in [-0.2, 0) is 4.84 Å². The summed E-state index contributed by atoms with van der Waals surface area (Å²) in [7, 11) is 0. The summed E-state index contributed by atoms with van der Waals surface area (Å²) in [5.41, 5.74) is 7.27. The molecular formula is C23H24FN3O3. The van der Waals surface area contributed by atoms with Crippen molar-refractivity contribution in [2.24, 2.45) is 0 Å². The van der Waals surface area contributed by atoms with Crippen LogP contribution in [0.15, 0.2) is 57.8 Å². The summed E-state index contributed by atoms with van der Waals surface area (Å²) in [5.74, 6) is -0.111. The number of hydrogen-bond donors (Lipinski definition) is 2. The molecule has 2 N–H and O–H groups in total. The molecule has 5 rings (SSSR count). The first kappa shape index (κ1) is 19.1. The molecule has 1 aromatic heterocycles. The van der Waals surface area contributed by atoms with Crippen molar-refractivity contribution in [2.75, 3.05) is 19.6 Å². The van der Waals surface area contributed by atoms with Gasteiger partial charge in [-0.2, -0.15) is 0 Å². The van der Waals surface area contributed by atoms with E-state index in [9.17, 15) is 9.18 Å². The summed E-state index contributed by atoms with van der Waals surface area (Å²) in [6, 6.07) is 12.5. The van der Waals surface area contributed by atoms with E-state index in [2.05, 4.69) is 21.4 Å². The Balaban J connectivity index is 1.14. The largest absolute Gasteiger partial charge is 0.417 e. The summed E-state index contributed by atoms with van der Waals surface area (Å²) in [4.78, 5) is 22.2. The fraction of sp³-hybridized carbons (Fsp3) is 0.348. The van der Waals surface area contributed by atoms with Gasteiger partial charge in [-0.15, -0.1) is 0 Å². The summed E-state index contributed by atoms with van der Waals surface area (Å²) >= 11 is 0. The maximum Gasteiger partial charge on any atom is 0.417 e. The number of H-pyrrole nitrogens is 1. The van der Waals surface area contributed by atoms with Crippen LogP contribution in [0.1, 0.15) is 36.3 Å². The molecular weight excluding hydrogens is 385 g/mol. The molecule has 0 saturated carbocycles. The number of hydroxylamine groups is 1. The van der Waals surface area contributed by atoms with Crippen LogP contribution in [0.25, 0.3) is 16.8 Å². The van der Waals surface area contributed by atoms with Crippen molar-refractivity contribution in [3.63, 3.8) is 0 Å². The minimum atomic E-state index is -0.451. The van der Waals surface area contributed by atoms with E-state index in [4.69, 9.17) is 9.25 Å². The van der Waals surface area contributed by atoms with Gasteiger partial charge in [-0.05, 0) is 74.2 Å². The van der Waals surface area contributed by atoms with Crippen LogP contribution in [0.2, 0.25) is 0 Å². The number of likely N-dealkylation sites (tertiary alicyclic amines) is 1. The Morgan fingerprint density at radius 3 is 2.70 bits per heavy atom. The number of hydrogen-bond acceptors (Lipinski definition) is 5. The highest BCUT2D eigenvalue weighted by Gasteiger charge is 2.23. The first-order chi connectivity index (χ1) is 14.6. The van der Waals surface area contributed by atoms with Gasteiger partial charge in [-0.1, -0.05) is 18.2 Å². The van der Waals surface area contributed by atoms with Gasteiger partial charge in [-0.3, -0.25) is 15.3 Å². The maximum absolute atomic E-state index is 13.1. The fourth-order valence-electron chi connectivity index (χ4n) is 4.34. The van der Waals surface area contributed by atoms with E-state index in [0.717, 1.165) is 50.2 Å². The van der Waals surface area contributed by atoms with Gasteiger partial charge < -0.3 is 9.32 Å². The molecule has 0 radical (unpaired) electrons. The topological polar surface area (TPSA) is 70.5 Å². The van der Waals surface area contributed by atoms with Gasteiger partial charge in [0.05, 0.1) is 11.2 Å². The number of oxazole rings is 1. The van der Waals surface area contributed by atoms with Crippen molar-refractivity contribution < 1.29 is 13.6 Å². The highest BCUT2D eigenvalue weighted by Crippen LogP contribution is 2.29. The zero-order chi connectivity index (χ0) is 20.5. The van der Waals surface area contributed by atoms with Gasteiger partial charge in [0.25, 0.3) is 0 Å². The molecule has 0 aliphatic carbocycles. The SMILES string of the molecule is O=c1[nH]c2ccc(C3=CC(CCN4CCC(c5ccc(F)cc5)CC4)ON3)cc2o1. The monoisotopic (exact) mass is 409 g/mol. The van der Waals surface area contributed by atoms with Crippen LogP contribution >= 0.6 is 0 Å². The third-order valence-corrected chi connectivity index (χ3v) is 6.06. The van der Waals surface area contributed by atoms with E-state index in [1.54, 1.807) is 12.1 Å². The molecule has 7 heteroatoms. The molecule has 2 aromatic carbocycles. The van der Waals surface area contributed by atoms with Gasteiger partial charge in [0.2, 0.25) is 0 Å². The second-order valence-corrected chi connectivity index (χ2v) is 8.02. The number of fused-ring (bicyclic) bond motifs is 1. The van der Waals surface area contributed by atoms with Crippen molar-refractivity contribution >= 4 is 16.8 Å². The standard InChI is InChI=1S/C23H24FN3O3/c24-18-4-1-15(2-5-18)16-7-10-27(11-8-16)12-9-19-14-21(26-30-19)17-3-6-20-22(13-17)29-23(28)25-20/h1-6,13-14,16,19,26H,7-12H2,(H,25,28). The Kier molecular flexibility index (Phi) is 5.14. The summed E-state index contributed by atoms with van der Waals surface area (Å²) in [6.45, 7) is 3.06. The smallest absolute Gasteiger partial charge is 0.408 e. The molecule has 2 aliphatic rings. The van der Waals surface area contributed by atoms with Crippen LogP contribution in [0, 0.1) is 5.82 Å². The van der Waals surface area contributed by atoms with Crippen molar-refractivity contribution in [1.82, 2.24) is 15.4 Å². The molecule has 1 unspecified atom stereocenters. The lowest BCUT2D eigenvalue weighted by atomic mass is 9.89. The fourth-order valence-corrected chi connectivity index (χ4v) is 4.34. The predicted molar refractivity (Wildman–Crippen MR) is 112 cm³/mol. The third-order valence-electron chi connectivity index (χ3n) is 6.06. The van der Waals surface area contributed by atoms with Gasteiger partial charge >= 0.3 is 5.76 Å². The molecule has 3 aromatic rings. The van der Waals surface area contributed by atoms with E-state index >= 15 is 0 Å². The summed E-state index contributed by atoms with van der Waals surface area (Å²) in [6.07, 6.45) is 5.18. The Morgan fingerprint density at radius 2 is 1.90 bits per heavy atom. The Hall–Kier alpha value is -2.90. The first-order valence-corrected chi connectivity index (χ1v) is 10.4. The number of aromatic nitrogens is 1. The average Bonchev–Trinajstić information content (AvgIpc) is 3.38. The van der Waals surface area contributed by atoms with Crippen LogP contribution in [0.3, 0.4) is 0 Å². The Morgan fingerprint density at radius 1 is 1.10 bits per heavy atom. The van der Waals surface area contributed by atoms with Crippen LogP contribution in [-0.4, -0.2) is 35.6 Å². The number of rotatable bonds is 5. The van der Waals surface area contributed by atoms with Crippen LogP contribution in [0.4, 0.5) is 4.39 Å². The van der Waals surface area contributed by atoms with Crippen LogP contribution < -0.4 is 11.2 Å². The van der Waals surface area contributed by atoms with Gasteiger partial charge in [0.15, 0.2) is 5.58 Å². The lowest BCUT2D eigenvalue weighted by molar-refractivity contribution is 0.0386. The van der Waals surface area contributed by atoms with E-state index in [1.807, 2.05) is 30.3 Å². The quantitative estimate of drug-likeness (QED) is 0.671. The Labute approximate surface area is 173 Å². The normalized spacial score (nSPS) is 20.4. The molecule has 1 saturated heterocycles. The highest BCUT2D eigenvalue weighted by atomic mass is 19.1. The van der Waals surface area contributed by atoms with Crippen LogP contribution in [0.5, 0.6) is 0 Å². The molecule has 0 spiro atoms. The summed E-state index contributed by atoms with van der Waals surface area (Å²) < 4.78 is 18.3. The molecule has 0 amide bonds. The molecule has 2 aliphatic heterocycles. The lowest BCUT2D eigenvalue weighted by Crippen LogP contribution is -2.35. The molecule has 1 atom stereocenters. The van der Waals surface area contributed by atoms with Crippen molar-refractivity contribution in [3.8, 4) is 0 Å². The zero-order valence-electron chi connectivity index (χ0n) is 16.6. The van der Waals surface area contributed by atoms with Crippen molar-refractivity contribution in [3.05, 3.63) is 76.0 Å². The van der Waals surface area contributed by atoms with E-state index in [1.165, 1.54) is 5.56 Å². The second kappa shape index (κ2) is 8.08. The van der Waals surface area contributed by atoms with E-state index in [-0.39, 0.29) is 11.9 Å². The highest BCUT2D eigenvalue weighted by molar-refractivity contribution is 5.78. The van der Waals surface area contributed by atoms with Crippen molar-refractivity contribution in [1.29, 1.82) is 0 Å². The van der Waals surface area contributed by atoms with Gasteiger partial charge in [-0.25, -0.2) is 9.18 Å². The number of nitrogens with zero attached hydrogens (tertiary/aromatic N) is 1. The predicted octanol–water partition coefficient (Wildman–Crippen LogP) is 3.77. The minimum Gasteiger partial charge on any atom is -0.408 e. The van der Waals surface area contributed by atoms with Crippen molar-refractivity contribution in [2.45, 2.75) is 31.3 Å². The number of aromatic amines is 1. The number of halogens is 1. The molecule has 1 fully saturated rings. The molecule has 3 heterocycles. The maximum atomic E-state index is 13.1. The first-order valence-electron chi connectivity index (χ1n) is 10.4. The molecule has 156 valence electrons. The lowest BCUT2D eigenvalue weighted by Gasteiger charge is -2.32. The Bertz CT molecular complexity index is 1110. The molecule has 30 heavy (non-hydrogen) atoms. The third kappa shape index (κ3) is 4.04. The van der Waals surface area contributed by atoms with Gasteiger partial charge in [0, 0.05) is 12.1 Å². The number of benzene rings is 2.